The Hall–Kier alpha value is -3.89. The van der Waals surface area contributed by atoms with E-state index in [4.69, 9.17) is 25.3 Å². The predicted molar refractivity (Wildman–Crippen MR) is 148 cm³/mol. The highest BCUT2D eigenvalue weighted by molar-refractivity contribution is 6.60. The van der Waals surface area contributed by atoms with Gasteiger partial charge in [0.2, 0.25) is 5.88 Å². The van der Waals surface area contributed by atoms with E-state index >= 15 is 0 Å². The number of nitrogen functional groups attached to an aromatic ring is 1. The van der Waals surface area contributed by atoms with E-state index in [1.54, 1.807) is 39.0 Å². The number of amides is 1. The first-order chi connectivity index (χ1) is 17.6. The van der Waals surface area contributed by atoms with Crippen LogP contribution in [-0.4, -0.2) is 45.4 Å². The number of benzene rings is 2. The Morgan fingerprint density at radius 3 is 2.41 bits per heavy atom. The number of fused-ring (bicyclic) bond motifs is 3. The lowest BCUT2D eigenvalue weighted by atomic mass is 9.79. The molecule has 0 saturated heterocycles. The summed E-state index contributed by atoms with van der Waals surface area (Å²) in [5.74, 6) is 1.05. The maximum Gasteiger partial charge on any atom is 0.490 e. The molecule has 2 aromatic heterocycles. The summed E-state index contributed by atoms with van der Waals surface area (Å²) in [5.41, 5.74) is 7.55. The number of aromatic nitrogens is 2. The predicted octanol–water partition coefficient (Wildman–Crippen LogP) is 4.26. The molecular weight excluding hydrogens is 471 g/mol. The molecule has 4 aromatic rings. The number of para-hydroxylation sites is 2. The molecule has 0 spiro atoms. The molecule has 0 aliphatic heterocycles. The van der Waals surface area contributed by atoms with Gasteiger partial charge < -0.3 is 25.3 Å². The number of carbonyl (C=O) groups is 1. The third kappa shape index (κ3) is 7.80. The summed E-state index contributed by atoms with van der Waals surface area (Å²) in [5, 5.41) is 22.8. The Labute approximate surface area is 216 Å². The fourth-order valence-electron chi connectivity index (χ4n) is 3.49. The van der Waals surface area contributed by atoms with Crippen molar-refractivity contribution in [2.75, 3.05) is 17.7 Å². The lowest BCUT2D eigenvalue weighted by Gasteiger charge is -2.20. The van der Waals surface area contributed by atoms with Crippen LogP contribution in [0.4, 0.5) is 16.3 Å². The van der Waals surface area contributed by atoms with Gasteiger partial charge in [-0.1, -0.05) is 49.7 Å². The van der Waals surface area contributed by atoms with Crippen LogP contribution in [0.25, 0.3) is 21.8 Å². The molecule has 10 heteroatoms. The van der Waals surface area contributed by atoms with Crippen molar-refractivity contribution in [3.8, 4) is 5.88 Å². The number of nitrogens with two attached hydrogens (primary N) is 1. The van der Waals surface area contributed by atoms with Gasteiger partial charge in [0.1, 0.15) is 11.1 Å². The number of anilines is 2. The van der Waals surface area contributed by atoms with E-state index in [1.807, 2.05) is 36.4 Å². The second kappa shape index (κ2) is 12.4. The molecule has 2 heterocycles. The highest BCUT2D eigenvalue weighted by Crippen LogP contribution is 2.28. The standard InChI is InChI=1S/C16H17N3O.C11H16BNO4/c1-2-3-10-20-14-9-8-12-11-6-4-5-7-13(11)18-16(17)15(12)19-14;1-11(2,3)17-10(14)13-9-7-5-4-6-8(9)12(15)16/h4-9H,2-3,10H2,1H3,(H2,17,18);4-7,15-16H,1-3H3,(H,13,14). The highest BCUT2D eigenvalue weighted by atomic mass is 16.6. The second-order valence-electron chi connectivity index (χ2n) is 9.35. The van der Waals surface area contributed by atoms with Crippen LogP contribution in [0.5, 0.6) is 5.88 Å². The number of hydrogen-bond acceptors (Lipinski definition) is 8. The minimum Gasteiger partial charge on any atom is -0.478 e. The molecule has 9 nitrogen and oxygen atoms in total. The zero-order chi connectivity index (χ0) is 27.0. The van der Waals surface area contributed by atoms with Gasteiger partial charge in [0, 0.05) is 28.0 Å². The van der Waals surface area contributed by atoms with Crippen molar-refractivity contribution >= 4 is 52.0 Å². The first-order valence-corrected chi connectivity index (χ1v) is 12.1. The Morgan fingerprint density at radius 2 is 1.70 bits per heavy atom. The number of hydrogen-bond donors (Lipinski definition) is 4. The monoisotopic (exact) mass is 504 g/mol. The van der Waals surface area contributed by atoms with Crippen LogP contribution in [0.2, 0.25) is 0 Å². The molecule has 0 saturated carbocycles. The third-order valence-electron chi connectivity index (χ3n) is 5.17. The van der Waals surface area contributed by atoms with Crippen molar-refractivity contribution in [1.82, 2.24) is 9.97 Å². The van der Waals surface area contributed by atoms with Gasteiger partial charge in [-0.15, -0.1) is 0 Å². The Balaban J connectivity index is 0.000000209. The van der Waals surface area contributed by atoms with E-state index in [2.05, 4.69) is 22.2 Å². The van der Waals surface area contributed by atoms with Crippen LogP contribution in [0.3, 0.4) is 0 Å². The minimum absolute atomic E-state index is 0.221. The number of carbonyl (C=O) groups excluding carboxylic acids is 1. The van der Waals surface area contributed by atoms with E-state index in [-0.39, 0.29) is 5.46 Å². The van der Waals surface area contributed by atoms with E-state index in [9.17, 15) is 4.79 Å². The lowest BCUT2D eigenvalue weighted by Crippen LogP contribution is -2.35. The van der Waals surface area contributed by atoms with Gasteiger partial charge in [0.15, 0.2) is 5.82 Å². The SMILES string of the molecule is CC(C)(C)OC(=O)Nc1ccccc1B(O)O.CCCCOc1ccc2c(n1)c(N)nc1ccccc12. The van der Waals surface area contributed by atoms with Crippen LogP contribution >= 0.6 is 0 Å². The van der Waals surface area contributed by atoms with Crippen molar-refractivity contribution < 1.29 is 24.3 Å². The molecule has 0 aliphatic rings. The zero-order valence-electron chi connectivity index (χ0n) is 21.6. The summed E-state index contributed by atoms with van der Waals surface area (Å²) in [6, 6.07) is 18.2. The molecule has 0 atom stereocenters. The number of ether oxygens (including phenoxy) is 2. The Bertz CT molecular complexity index is 1360. The van der Waals surface area contributed by atoms with Crippen LogP contribution in [-0.2, 0) is 4.74 Å². The van der Waals surface area contributed by atoms with Crippen molar-refractivity contribution in [2.45, 2.75) is 46.1 Å². The quantitative estimate of drug-likeness (QED) is 0.174. The zero-order valence-corrected chi connectivity index (χ0v) is 21.6. The second-order valence-corrected chi connectivity index (χ2v) is 9.35. The lowest BCUT2D eigenvalue weighted by molar-refractivity contribution is 0.0636. The summed E-state index contributed by atoms with van der Waals surface area (Å²) < 4.78 is 10.7. The van der Waals surface area contributed by atoms with Gasteiger partial charge in [0.25, 0.3) is 0 Å². The smallest absolute Gasteiger partial charge is 0.478 e. The van der Waals surface area contributed by atoms with E-state index in [0.29, 0.717) is 29.5 Å². The molecule has 0 bridgehead atoms. The summed E-state index contributed by atoms with van der Waals surface area (Å²) in [6.45, 7) is 8.05. The molecular formula is C27H33BN4O5. The first kappa shape index (κ1) is 27.7. The minimum atomic E-state index is -1.64. The third-order valence-corrected chi connectivity index (χ3v) is 5.17. The van der Waals surface area contributed by atoms with Crippen LogP contribution < -0.4 is 21.3 Å². The van der Waals surface area contributed by atoms with Crippen LogP contribution in [0, 0.1) is 0 Å². The maximum atomic E-state index is 11.5. The van der Waals surface area contributed by atoms with Crippen LogP contribution in [0.1, 0.15) is 40.5 Å². The molecule has 37 heavy (non-hydrogen) atoms. The summed E-state index contributed by atoms with van der Waals surface area (Å²) in [6.07, 6.45) is 1.48. The first-order valence-electron chi connectivity index (χ1n) is 12.1. The normalized spacial score (nSPS) is 11.0. The number of unbranched alkanes of at least 4 members (excludes halogenated alkanes) is 1. The fraction of sp³-hybridized carbons (Fsp3) is 0.296. The Kier molecular flexibility index (Phi) is 9.27. The van der Waals surface area contributed by atoms with Crippen LogP contribution in [0.15, 0.2) is 60.7 Å². The van der Waals surface area contributed by atoms with Gasteiger partial charge in [-0.2, -0.15) is 0 Å². The number of rotatable bonds is 6. The molecule has 0 aliphatic carbocycles. The van der Waals surface area contributed by atoms with Gasteiger partial charge >= 0.3 is 13.2 Å². The number of nitrogens with zero attached hydrogens (tertiary/aromatic N) is 2. The number of nitrogens with one attached hydrogen (secondary N) is 1. The van der Waals surface area contributed by atoms with Crippen molar-refractivity contribution in [2.24, 2.45) is 0 Å². The van der Waals surface area contributed by atoms with Crippen molar-refractivity contribution in [3.63, 3.8) is 0 Å². The van der Waals surface area contributed by atoms with Gasteiger partial charge in [-0.05, 0) is 45.4 Å². The fourth-order valence-corrected chi connectivity index (χ4v) is 3.49. The van der Waals surface area contributed by atoms with E-state index in [0.717, 1.165) is 29.1 Å². The molecule has 0 radical (unpaired) electrons. The number of pyridine rings is 2. The molecule has 1 amide bonds. The summed E-state index contributed by atoms with van der Waals surface area (Å²) in [7, 11) is -1.64. The van der Waals surface area contributed by atoms with Gasteiger partial charge in [0.05, 0.1) is 12.1 Å². The molecule has 194 valence electrons. The maximum absolute atomic E-state index is 11.5. The summed E-state index contributed by atoms with van der Waals surface area (Å²) >= 11 is 0. The van der Waals surface area contributed by atoms with Gasteiger partial charge in [-0.25, -0.2) is 14.8 Å². The Morgan fingerprint density at radius 1 is 1.00 bits per heavy atom. The van der Waals surface area contributed by atoms with Crippen molar-refractivity contribution in [3.05, 3.63) is 60.7 Å². The average molecular weight is 504 g/mol. The summed E-state index contributed by atoms with van der Waals surface area (Å²) in [4.78, 5) is 20.4. The molecule has 2 aromatic carbocycles. The van der Waals surface area contributed by atoms with E-state index in [1.165, 1.54) is 6.07 Å². The topological polar surface area (TPSA) is 140 Å². The highest BCUT2D eigenvalue weighted by Gasteiger charge is 2.20. The van der Waals surface area contributed by atoms with Crippen molar-refractivity contribution in [1.29, 1.82) is 0 Å². The van der Waals surface area contributed by atoms with E-state index < -0.39 is 18.8 Å². The molecule has 0 fully saturated rings. The van der Waals surface area contributed by atoms with Gasteiger partial charge in [-0.3, -0.25) is 5.32 Å². The molecule has 0 unspecified atom stereocenters. The molecule has 5 N–H and O–H groups in total. The largest absolute Gasteiger partial charge is 0.490 e. The molecule has 4 rings (SSSR count). The average Bonchev–Trinajstić information content (AvgIpc) is 2.84.